The van der Waals surface area contributed by atoms with Gasteiger partial charge in [0.25, 0.3) is 0 Å². The predicted molar refractivity (Wildman–Crippen MR) is 310 cm³/mol. The fraction of sp³-hybridized carbons (Fsp3) is 0.323. The second kappa shape index (κ2) is 24.1. The molecule has 0 spiro atoms. The number of hydrogen-bond donors (Lipinski definition) is 1. The number of nitrogens with zero attached hydrogens (tertiary/aromatic N) is 9. The van der Waals surface area contributed by atoms with E-state index in [-0.39, 0.29) is 42.0 Å². The molecule has 0 saturated carbocycles. The zero-order valence-corrected chi connectivity index (χ0v) is 50.7. The highest BCUT2D eigenvalue weighted by atomic mass is 35.5. The zero-order chi connectivity index (χ0) is 64.0. The molecule has 1 amide bonds. The lowest BCUT2D eigenvalue weighted by atomic mass is 9.96. The van der Waals surface area contributed by atoms with E-state index >= 15 is 0 Å². The average Bonchev–Trinajstić information content (AvgIpc) is 4.10. The van der Waals surface area contributed by atoms with Gasteiger partial charge in [-0.2, -0.15) is 5.26 Å². The van der Waals surface area contributed by atoms with E-state index in [2.05, 4.69) is 31.3 Å². The Morgan fingerprint density at radius 3 is 1.26 bits per heavy atom. The number of ether oxygens (including phenoxy) is 5. The topological polar surface area (TPSA) is 239 Å². The molecule has 8 heterocycles. The highest BCUT2D eigenvalue weighted by molar-refractivity contribution is 6.42. The van der Waals surface area contributed by atoms with Crippen molar-refractivity contribution in [3.63, 3.8) is 0 Å². The minimum absolute atomic E-state index is 0.0329. The molecule has 4 aliphatic rings. The predicted octanol–water partition coefficient (Wildman–Crippen LogP) is 11.7. The number of benzene rings is 4. The van der Waals surface area contributed by atoms with E-state index in [0.29, 0.717) is 63.3 Å². The van der Waals surface area contributed by atoms with Gasteiger partial charge in [-0.1, -0.05) is 23.2 Å². The Morgan fingerprint density at radius 2 is 0.886 bits per heavy atom. The molecule has 4 aromatic heterocycles. The second-order valence-electron chi connectivity index (χ2n) is 23.9. The Morgan fingerprint density at radius 1 is 0.534 bits per heavy atom. The van der Waals surface area contributed by atoms with Crippen LogP contribution in [0, 0.1) is 34.6 Å². The number of carbonyl (C=O) groups excluding carboxylic acids is 5. The summed E-state index contributed by atoms with van der Waals surface area (Å²) in [6, 6.07) is 20.9. The molecule has 88 heavy (non-hydrogen) atoms. The van der Waals surface area contributed by atoms with Crippen molar-refractivity contribution in [2.24, 2.45) is 0 Å². The van der Waals surface area contributed by atoms with Crippen LogP contribution in [-0.4, -0.2) is 103 Å². The van der Waals surface area contributed by atoms with Crippen LogP contribution in [0.1, 0.15) is 140 Å². The molecule has 1 atom stereocenters. The summed E-state index contributed by atoms with van der Waals surface area (Å²) in [7, 11) is 0. The summed E-state index contributed by atoms with van der Waals surface area (Å²) in [5, 5.41) is 12.3. The van der Waals surface area contributed by atoms with Gasteiger partial charge in [-0.15, -0.1) is 0 Å². The van der Waals surface area contributed by atoms with E-state index in [1.807, 2.05) is 27.7 Å². The smallest absolute Gasteiger partial charge is 0.407 e. The van der Waals surface area contributed by atoms with Gasteiger partial charge in [0.2, 0.25) is 0 Å². The van der Waals surface area contributed by atoms with Crippen LogP contribution in [0.4, 0.5) is 22.4 Å². The van der Waals surface area contributed by atoms with Crippen LogP contribution >= 0.6 is 23.2 Å². The number of nitriles is 1. The van der Waals surface area contributed by atoms with Crippen LogP contribution in [0.3, 0.4) is 0 Å². The third kappa shape index (κ3) is 14.1. The number of cyclic esters (lactones) is 4. The highest BCUT2D eigenvalue weighted by Crippen LogP contribution is 2.34. The van der Waals surface area contributed by atoms with E-state index in [4.69, 9.17) is 52.1 Å². The van der Waals surface area contributed by atoms with Crippen molar-refractivity contribution in [2.75, 3.05) is 6.54 Å². The van der Waals surface area contributed by atoms with E-state index < -0.39 is 69.3 Å². The van der Waals surface area contributed by atoms with Crippen LogP contribution < -0.4 is 5.32 Å². The van der Waals surface area contributed by atoms with Crippen LogP contribution in [-0.2, 0) is 49.4 Å². The standard InChI is InChI=1S/C19H21F2N3O4.C15H13N3O2.C14H12Cl2N2O2.C14H12F2N2O2/c1-18(2,3)28-17(26)22-9-19(4)8-14-15(16(25)27-19)24(10-23-14)11-5-6-12(20)13(21)7-11;1-15(2)7-12-13(14(19)20-15)18(9-17-12)11-5-3-10(8-16)4-6-11;2*1-14(2)6-11-12(13(19)20-14)18(7-17-11)8-3-4-9(15)10(16)5-8/h5-7,10H,8-9H2,1-4H3,(H,22,26);3-6,9H,7H2,1-2H3;2*3-5,7H,6H2,1-2H3. The first kappa shape index (κ1) is 63.2. The van der Waals surface area contributed by atoms with Crippen molar-refractivity contribution in [2.45, 2.75) is 123 Å². The van der Waals surface area contributed by atoms with E-state index in [9.17, 15) is 41.5 Å². The maximum absolute atomic E-state index is 13.5. The Kier molecular flexibility index (Phi) is 17.3. The normalized spacial score (nSPS) is 17.3. The number of carbonyl (C=O) groups is 5. The molecule has 0 bridgehead atoms. The van der Waals surface area contributed by atoms with Crippen LogP contribution in [0.25, 0.3) is 22.7 Å². The molecule has 0 fully saturated rings. The summed E-state index contributed by atoms with van der Waals surface area (Å²) < 4.78 is 85.9. The Bertz CT molecular complexity index is 4000. The maximum atomic E-state index is 13.5. The molecule has 1 unspecified atom stereocenters. The molecule has 1 N–H and O–H groups in total. The fourth-order valence-corrected chi connectivity index (χ4v) is 10.2. The summed E-state index contributed by atoms with van der Waals surface area (Å²) in [5.74, 6) is -5.86. The minimum atomic E-state index is -1.03. The first-order valence-electron chi connectivity index (χ1n) is 27.2. The van der Waals surface area contributed by atoms with Gasteiger partial charge in [-0.3, -0.25) is 18.3 Å². The Hall–Kier alpha value is -9.34. The molecule has 20 nitrogen and oxygen atoms in total. The summed E-state index contributed by atoms with van der Waals surface area (Å²) >= 11 is 11.9. The van der Waals surface area contributed by atoms with Crippen molar-refractivity contribution in [3.05, 3.63) is 189 Å². The Balaban J connectivity index is 0.000000141. The van der Waals surface area contributed by atoms with Gasteiger partial charge < -0.3 is 29.0 Å². The lowest BCUT2D eigenvalue weighted by Gasteiger charge is -2.33. The second-order valence-corrected chi connectivity index (χ2v) is 24.8. The van der Waals surface area contributed by atoms with Crippen LogP contribution in [0.2, 0.25) is 10.0 Å². The number of imidazole rings is 4. The summed E-state index contributed by atoms with van der Waals surface area (Å²) in [6.07, 6.45) is 7.26. The molecule has 12 rings (SSSR count). The Labute approximate surface area is 511 Å². The number of amides is 1. The zero-order valence-electron chi connectivity index (χ0n) is 49.2. The third-order valence-corrected chi connectivity index (χ3v) is 14.5. The molecule has 8 aromatic rings. The molecule has 26 heteroatoms. The van der Waals surface area contributed by atoms with Crippen molar-refractivity contribution in [1.29, 1.82) is 5.26 Å². The molecule has 4 aliphatic heterocycles. The van der Waals surface area contributed by atoms with Crippen molar-refractivity contribution >= 4 is 53.2 Å². The molecule has 0 radical (unpaired) electrons. The number of aromatic nitrogens is 8. The molecule has 0 aliphatic carbocycles. The number of fused-ring (bicyclic) bond motifs is 4. The lowest BCUT2D eigenvalue weighted by Crippen LogP contribution is -2.49. The largest absolute Gasteiger partial charge is 0.455 e. The summed E-state index contributed by atoms with van der Waals surface area (Å²) in [5.41, 5.74) is 3.16. The van der Waals surface area contributed by atoms with Gasteiger partial charge in [-0.05, 0) is 136 Å². The van der Waals surface area contributed by atoms with Gasteiger partial charge in [0, 0.05) is 49.2 Å². The molecular weight excluding hydrogens is 1190 g/mol. The molecule has 458 valence electrons. The minimum Gasteiger partial charge on any atom is -0.455 e. The van der Waals surface area contributed by atoms with Gasteiger partial charge in [0.05, 0.1) is 62.4 Å². The van der Waals surface area contributed by atoms with E-state index in [1.54, 1.807) is 106 Å². The van der Waals surface area contributed by atoms with Gasteiger partial charge in [0.15, 0.2) is 46.0 Å². The highest BCUT2D eigenvalue weighted by Gasteiger charge is 2.42. The number of nitrogens with one attached hydrogen (secondary N) is 1. The van der Waals surface area contributed by atoms with Crippen molar-refractivity contribution in [1.82, 2.24) is 43.5 Å². The third-order valence-electron chi connectivity index (χ3n) is 13.7. The maximum Gasteiger partial charge on any atom is 0.407 e. The molecule has 4 aromatic carbocycles. The van der Waals surface area contributed by atoms with Gasteiger partial charge in [-0.25, -0.2) is 61.5 Å². The summed E-state index contributed by atoms with van der Waals surface area (Å²) in [6.45, 7) is 18.0. The average molecular weight is 1250 g/mol. The number of alkyl carbamates (subject to hydrolysis) is 1. The molecule has 0 saturated heterocycles. The number of hydrogen-bond acceptors (Lipinski definition) is 15. The fourth-order valence-electron chi connectivity index (χ4n) is 9.86. The first-order valence-corrected chi connectivity index (χ1v) is 28.0. The quantitative estimate of drug-likeness (QED) is 0.0925. The van der Waals surface area contributed by atoms with Crippen molar-refractivity contribution < 1.29 is 65.2 Å². The molecular formula is C62H58Cl2F4N10O10. The SMILES string of the molecule is CC(C)(C)OC(=O)NCC1(C)Cc2ncn(-c3ccc(F)c(F)c3)c2C(=O)O1.CC1(C)Cc2ncn(-c3ccc(C#N)cc3)c2C(=O)O1.CC1(C)Cc2ncn(-c3ccc(Cl)c(Cl)c3)c2C(=O)O1.CC1(C)Cc2ncn(-c3ccc(F)c(F)c3)c2C(=O)O1. The number of esters is 4. The van der Waals surface area contributed by atoms with Gasteiger partial charge >= 0.3 is 30.0 Å². The monoisotopic (exact) mass is 1250 g/mol. The van der Waals surface area contributed by atoms with Crippen LogP contribution in [0.5, 0.6) is 0 Å². The van der Waals surface area contributed by atoms with Crippen LogP contribution in [0.15, 0.2) is 104 Å². The lowest BCUT2D eigenvalue weighted by molar-refractivity contribution is -0.0187. The first-order chi connectivity index (χ1) is 41.2. The van der Waals surface area contributed by atoms with E-state index in [1.165, 1.54) is 33.9 Å². The van der Waals surface area contributed by atoms with Gasteiger partial charge in [0.1, 0.15) is 53.3 Å². The number of halogens is 6. The van der Waals surface area contributed by atoms with Crippen molar-refractivity contribution in [3.8, 4) is 28.8 Å². The number of rotatable bonds is 6. The van der Waals surface area contributed by atoms with E-state index in [0.717, 1.165) is 47.0 Å². The summed E-state index contributed by atoms with van der Waals surface area (Å²) in [4.78, 5) is 77.8.